The van der Waals surface area contributed by atoms with E-state index in [1.165, 1.54) is 37.9 Å². The van der Waals surface area contributed by atoms with Crippen LogP contribution >= 0.6 is 0 Å². The summed E-state index contributed by atoms with van der Waals surface area (Å²) in [4.78, 5) is 4.93. The molecule has 0 saturated carbocycles. The van der Waals surface area contributed by atoms with E-state index >= 15 is 0 Å². The number of aliphatic hydroxyl groups is 1. The van der Waals surface area contributed by atoms with E-state index in [9.17, 15) is 5.11 Å². The molecule has 0 spiro atoms. The Morgan fingerprint density at radius 3 is 2.76 bits per heavy atom. The van der Waals surface area contributed by atoms with Gasteiger partial charge < -0.3 is 10.0 Å². The van der Waals surface area contributed by atoms with E-state index in [2.05, 4.69) is 41.1 Å². The summed E-state index contributed by atoms with van der Waals surface area (Å²) in [5.74, 6) is 0. The molecule has 1 aliphatic carbocycles. The molecule has 1 saturated heterocycles. The van der Waals surface area contributed by atoms with Crippen LogP contribution < -0.4 is 0 Å². The lowest BCUT2D eigenvalue weighted by Crippen LogP contribution is -2.41. The van der Waals surface area contributed by atoms with Crippen molar-refractivity contribution in [3.05, 3.63) is 35.4 Å². The average molecular weight is 288 g/mol. The van der Waals surface area contributed by atoms with E-state index in [0.717, 1.165) is 31.5 Å². The third kappa shape index (κ3) is 3.47. The average Bonchev–Trinajstić information content (AvgIpc) is 2.96. The Hall–Kier alpha value is -0.900. The molecule has 1 aromatic rings. The van der Waals surface area contributed by atoms with Crippen molar-refractivity contribution in [2.45, 2.75) is 44.2 Å². The molecule has 0 radical (unpaired) electrons. The van der Waals surface area contributed by atoms with Crippen LogP contribution in [0.25, 0.3) is 0 Å². The van der Waals surface area contributed by atoms with Crippen LogP contribution in [-0.4, -0.2) is 54.2 Å². The van der Waals surface area contributed by atoms with Gasteiger partial charge in [0.1, 0.15) is 0 Å². The van der Waals surface area contributed by atoms with Crippen LogP contribution in [0.5, 0.6) is 0 Å². The Morgan fingerprint density at radius 1 is 1.19 bits per heavy atom. The van der Waals surface area contributed by atoms with Crippen molar-refractivity contribution in [3.8, 4) is 0 Å². The standard InChI is InChI=1S/C18H28N2O/c1-19(13-14-20-11-4-5-12-20)17-10-6-8-15-7-2-3-9-16(15)18(17)21/h2-3,7,9,17-18,21H,4-6,8,10-14H2,1H3. The molecule has 21 heavy (non-hydrogen) atoms. The predicted octanol–water partition coefficient (Wildman–Crippen LogP) is 2.45. The van der Waals surface area contributed by atoms with E-state index in [4.69, 9.17) is 0 Å². The van der Waals surface area contributed by atoms with E-state index in [-0.39, 0.29) is 12.1 Å². The molecule has 0 amide bonds. The number of aryl methyl sites for hydroxylation is 1. The molecule has 1 aromatic carbocycles. The number of likely N-dealkylation sites (N-methyl/N-ethyl adjacent to an activating group) is 1. The van der Waals surface area contributed by atoms with Gasteiger partial charge in [-0.1, -0.05) is 24.3 Å². The lowest BCUT2D eigenvalue weighted by molar-refractivity contribution is 0.0550. The van der Waals surface area contributed by atoms with Crippen LogP contribution in [0.1, 0.15) is 42.9 Å². The van der Waals surface area contributed by atoms with Crippen molar-refractivity contribution < 1.29 is 5.11 Å². The lowest BCUT2D eigenvalue weighted by atomic mass is 9.98. The summed E-state index contributed by atoms with van der Waals surface area (Å²) in [7, 11) is 2.18. The summed E-state index contributed by atoms with van der Waals surface area (Å²) in [6.45, 7) is 4.71. The number of nitrogens with zero attached hydrogens (tertiary/aromatic N) is 2. The fourth-order valence-electron chi connectivity index (χ4n) is 3.85. The molecule has 0 aromatic heterocycles. The zero-order valence-electron chi connectivity index (χ0n) is 13.2. The highest BCUT2D eigenvalue weighted by Crippen LogP contribution is 2.31. The number of rotatable bonds is 4. The summed E-state index contributed by atoms with van der Waals surface area (Å²) in [6, 6.07) is 8.67. The number of hydrogen-bond acceptors (Lipinski definition) is 3. The van der Waals surface area contributed by atoms with Gasteiger partial charge in [0.2, 0.25) is 0 Å². The minimum atomic E-state index is -0.340. The van der Waals surface area contributed by atoms with Crippen molar-refractivity contribution in [1.82, 2.24) is 9.80 Å². The first-order valence-corrected chi connectivity index (χ1v) is 8.44. The Balaban J connectivity index is 1.63. The molecule has 0 bridgehead atoms. The Bertz CT molecular complexity index is 456. The van der Waals surface area contributed by atoms with Crippen LogP contribution in [-0.2, 0) is 6.42 Å². The second-order valence-electron chi connectivity index (χ2n) is 6.63. The molecule has 1 aliphatic heterocycles. The number of hydrogen-bond donors (Lipinski definition) is 1. The zero-order chi connectivity index (χ0) is 14.7. The SMILES string of the molecule is CN(CCN1CCCC1)C1CCCc2ccccc2C1O. The van der Waals surface area contributed by atoms with Gasteiger partial charge in [-0.15, -0.1) is 0 Å². The van der Waals surface area contributed by atoms with Crippen LogP contribution in [0.15, 0.2) is 24.3 Å². The first-order valence-electron chi connectivity index (χ1n) is 8.44. The quantitative estimate of drug-likeness (QED) is 0.862. The lowest BCUT2D eigenvalue weighted by Gasteiger charge is -2.32. The van der Waals surface area contributed by atoms with Gasteiger partial charge in [0.05, 0.1) is 6.10 Å². The molecule has 1 heterocycles. The molecular weight excluding hydrogens is 260 g/mol. The number of benzene rings is 1. The number of likely N-dealkylation sites (tertiary alicyclic amines) is 1. The summed E-state index contributed by atoms with van der Waals surface area (Å²) >= 11 is 0. The maximum absolute atomic E-state index is 10.8. The Labute approximate surface area is 128 Å². The van der Waals surface area contributed by atoms with Gasteiger partial charge in [-0.2, -0.15) is 0 Å². The highest BCUT2D eigenvalue weighted by atomic mass is 16.3. The molecule has 2 aliphatic rings. The van der Waals surface area contributed by atoms with Crippen LogP contribution in [0.2, 0.25) is 0 Å². The zero-order valence-corrected chi connectivity index (χ0v) is 13.2. The Kier molecular flexibility index (Phi) is 4.94. The van der Waals surface area contributed by atoms with Gasteiger partial charge in [-0.25, -0.2) is 0 Å². The molecule has 3 heteroatoms. The van der Waals surface area contributed by atoms with Gasteiger partial charge >= 0.3 is 0 Å². The minimum absolute atomic E-state index is 0.260. The first kappa shape index (κ1) is 15.0. The molecule has 2 unspecified atom stereocenters. The summed E-state index contributed by atoms with van der Waals surface area (Å²) in [5.41, 5.74) is 2.48. The Morgan fingerprint density at radius 2 is 1.95 bits per heavy atom. The van der Waals surface area contributed by atoms with Crippen molar-refractivity contribution in [2.75, 3.05) is 33.2 Å². The largest absolute Gasteiger partial charge is 0.387 e. The summed E-state index contributed by atoms with van der Waals surface area (Å²) in [5, 5.41) is 10.8. The van der Waals surface area contributed by atoms with Gasteiger partial charge in [0.25, 0.3) is 0 Å². The molecule has 2 atom stereocenters. The predicted molar refractivity (Wildman–Crippen MR) is 86.4 cm³/mol. The summed E-state index contributed by atoms with van der Waals surface area (Å²) < 4.78 is 0. The van der Waals surface area contributed by atoms with Crippen molar-refractivity contribution >= 4 is 0 Å². The fraction of sp³-hybridized carbons (Fsp3) is 0.667. The van der Waals surface area contributed by atoms with E-state index in [1.54, 1.807) is 0 Å². The molecule has 1 fully saturated rings. The van der Waals surface area contributed by atoms with Crippen molar-refractivity contribution in [1.29, 1.82) is 0 Å². The molecule has 3 rings (SSSR count). The highest BCUT2D eigenvalue weighted by Gasteiger charge is 2.28. The normalized spacial score (nSPS) is 26.8. The van der Waals surface area contributed by atoms with Gasteiger partial charge in [-0.05, 0) is 63.4 Å². The highest BCUT2D eigenvalue weighted by molar-refractivity contribution is 5.31. The molecule has 116 valence electrons. The second kappa shape index (κ2) is 6.91. The van der Waals surface area contributed by atoms with Crippen molar-refractivity contribution in [2.24, 2.45) is 0 Å². The van der Waals surface area contributed by atoms with Crippen molar-refractivity contribution in [3.63, 3.8) is 0 Å². The molecular formula is C18H28N2O. The van der Waals surface area contributed by atoms with Crippen LogP contribution in [0, 0.1) is 0 Å². The third-order valence-electron chi connectivity index (χ3n) is 5.22. The number of aliphatic hydroxyl groups excluding tert-OH is 1. The second-order valence-corrected chi connectivity index (χ2v) is 6.63. The summed E-state index contributed by atoms with van der Waals surface area (Å²) in [6.07, 6.45) is 5.72. The van der Waals surface area contributed by atoms with Crippen LogP contribution in [0.4, 0.5) is 0 Å². The maximum Gasteiger partial charge on any atom is 0.0947 e. The van der Waals surface area contributed by atoms with E-state index < -0.39 is 0 Å². The monoisotopic (exact) mass is 288 g/mol. The maximum atomic E-state index is 10.8. The first-order chi connectivity index (χ1) is 10.3. The number of fused-ring (bicyclic) bond motifs is 1. The third-order valence-corrected chi connectivity index (χ3v) is 5.22. The van der Waals surface area contributed by atoms with Gasteiger partial charge in [0, 0.05) is 19.1 Å². The van der Waals surface area contributed by atoms with E-state index in [1.807, 2.05) is 0 Å². The van der Waals surface area contributed by atoms with E-state index in [0.29, 0.717) is 0 Å². The molecule has 1 N–H and O–H groups in total. The van der Waals surface area contributed by atoms with Crippen LogP contribution in [0.3, 0.4) is 0 Å². The smallest absolute Gasteiger partial charge is 0.0947 e. The van der Waals surface area contributed by atoms with Gasteiger partial charge in [-0.3, -0.25) is 4.90 Å². The molecule has 3 nitrogen and oxygen atoms in total. The minimum Gasteiger partial charge on any atom is -0.387 e. The topological polar surface area (TPSA) is 26.7 Å². The fourth-order valence-corrected chi connectivity index (χ4v) is 3.85. The van der Waals surface area contributed by atoms with Gasteiger partial charge in [0.15, 0.2) is 0 Å².